The van der Waals surface area contributed by atoms with Gasteiger partial charge in [0.1, 0.15) is 5.69 Å². The first kappa shape index (κ1) is 17.5. The summed E-state index contributed by atoms with van der Waals surface area (Å²) < 4.78 is 0. The molecule has 1 aromatic carbocycles. The molecule has 1 aromatic heterocycles. The molecular formula is C18H22N4O2. The van der Waals surface area contributed by atoms with E-state index in [4.69, 9.17) is 5.73 Å². The highest BCUT2D eigenvalue weighted by Gasteiger charge is 2.14. The molecule has 0 atom stereocenters. The van der Waals surface area contributed by atoms with Gasteiger partial charge < -0.3 is 16.0 Å². The third kappa shape index (κ3) is 4.32. The van der Waals surface area contributed by atoms with Gasteiger partial charge >= 0.3 is 0 Å². The van der Waals surface area contributed by atoms with Crippen molar-refractivity contribution in [2.24, 2.45) is 0 Å². The average Bonchev–Trinajstić information content (AvgIpc) is 2.61. The molecule has 0 aliphatic rings. The van der Waals surface area contributed by atoms with Gasteiger partial charge in [-0.1, -0.05) is 25.5 Å². The summed E-state index contributed by atoms with van der Waals surface area (Å²) in [5.41, 5.74) is 7.53. The van der Waals surface area contributed by atoms with Gasteiger partial charge in [-0.05, 0) is 30.7 Å². The summed E-state index contributed by atoms with van der Waals surface area (Å²) in [6.07, 6.45) is 3.36. The smallest absolute Gasteiger partial charge is 0.272 e. The quantitative estimate of drug-likeness (QED) is 0.799. The van der Waals surface area contributed by atoms with Crippen molar-refractivity contribution in [1.29, 1.82) is 0 Å². The summed E-state index contributed by atoms with van der Waals surface area (Å²) in [5.74, 6) is -0.471. The molecule has 1 heterocycles. The van der Waals surface area contributed by atoms with Crippen LogP contribution in [0.1, 0.15) is 40.6 Å². The fourth-order valence-electron chi connectivity index (χ4n) is 2.15. The molecule has 0 aliphatic heterocycles. The van der Waals surface area contributed by atoms with Crippen LogP contribution in [0, 0.1) is 0 Å². The number of aromatic nitrogens is 1. The number of carbonyl (C=O) groups excluding carboxylic acids is 2. The Balaban J connectivity index is 2.05. The summed E-state index contributed by atoms with van der Waals surface area (Å²) in [6.45, 7) is 2.76. The lowest BCUT2D eigenvalue weighted by Crippen LogP contribution is -2.28. The number of rotatable bonds is 6. The third-order valence-corrected chi connectivity index (χ3v) is 3.65. The van der Waals surface area contributed by atoms with Crippen molar-refractivity contribution in [3.8, 4) is 0 Å². The third-order valence-electron chi connectivity index (χ3n) is 3.65. The summed E-state index contributed by atoms with van der Waals surface area (Å²) in [6, 6.07) is 10.2. The van der Waals surface area contributed by atoms with E-state index in [1.807, 2.05) is 0 Å². The number of pyridine rings is 1. The number of hydrogen-bond donors (Lipinski definition) is 2. The largest absolute Gasteiger partial charge is 0.397 e. The van der Waals surface area contributed by atoms with Gasteiger partial charge in [-0.2, -0.15) is 0 Å². The van der Waals surface area contributed by atoms with Gasteiger partial charge in [0.05, 0.1) is 16.9 Å². The predicted molar refractivity (Wildman–Crippen MR) is 94.9 cm³/mol. The zero-order chi connectivity index (χ0) is 17.5. The van der Waals surface area contributed by atoms with E-state index in [9.17, 15) is 9.59 Å². The van der Waals surface area contributed by atoms with Gasteiger partial charge in [0.2, 0.25) is 0 Å². The van der Waals surface area contributed by atoms with Crippen molar-refractivity contribution in [2.45, 2.75) is 19.8 Å². The molecule has 0 saturated heterocycles. The maximum atomic E-state index is 12.2. The maximum Gasteiger partial charge on any atom is 0.272 e. The number of unbranched alkanes of at least 4 members (excludes halogenated alkanes) is 1. The zero-order valence-corrected chi connectivity index (χ0v) is 14.0. The molecule has 0 radical (unpaired) electrons. The number of amides is 2. The summed E-state index contributed by atoms with van der Waals surface area (Å²) in [4.78, 5) is 30.2. The van der Waals surface area contributed by atoms with Gasteiger partial charge in [0, 0.05) is 19.8 Å². The van der Waals surface area contributed by atoms with E-state index in [0.29, 0.717) is 29.2 Å². The summed E-state index contributed by atoms with van der Waals surface area (Å²) in [7, 11) is 1.75. The van der Waals surface area contributed by atoms with Gasteiger partial charge in [-0.3, -0.25) is 14.6 Å². The number of nitrogen functional groups attached to an aromatic ring is 1. The first-order chi connectivity index (χ1) is 11.5. The van der Waals surface area contributed by atoms with Gasteiger partial charge in [0.15, 0.2) is 0 Å². The van der Waals surface area contributed by atoms with Crippen LogP contribution in [-0.4, -0.2) is 35.3 Å². The average molecular weight is 326 g/mol. The number of benzene rings is 1. The minimum atomic E-state index is -0.321. The fraction of sp³-hybridized carbons (Fsp3) is 0.278. The van der Waals surface area contributed by atoms with Gasteiger partial charge in [0.25, 0.3) is 11.8 Å². The molecule has 0 aliphatic carbocycles. The van der Waals surface area contributed by atoms with E-state index in [1.165, 1.54) is 6.20 Å². The molecule has 6 heteroatoms. The molecule has 0 fully saturated rings. The molecule has 0 unspecified atom stereocenters. The van der Waals surface area contributed by atoms with Crippen molar-refractivity contribution < 1.29 is 9.59 Å². The fourth-order valence-corrected chi connectivity index (χ4v) is 2.15. The molecule has 24 heavy (non-hydrogen) atoms. The van der Waals surface area contributed by atoms with Crippen molar-refractivity contribution >= 4 is 23.2 Å². The molecule has 2 rings (SSSR count). The first-order valence-electron chi connectivity index (χ1n) is 7.90. The molecule has 0 spiro atoms. The number of para-hydroxylation sites is 2. The van der Waals surface area contributed by atoms with Crippen molar-refractivity contribution in [3.05, 3.63) is 53.9 Å². The first-order valence-corrected chi connectivity index (χ1v) is 7.90. The lowest BCUT2D eigenvalue weighted by molar-refractivity contribution is 0.0787. The van der Waals surface area contributed by atoms with Crippen molar-refractivity contribution in [2.75, 3.05) is 24.6 Å². The Morgan fingerprint density at radius 1 is 1.21 bits per heavy atom. The van der Waals surface area contributed by atoms with Crippen molar-refractivity contribution in [3.63, 3.8) is 0 Å². The molecule has 6 nitrogen and oxygen atoms in total. The number of anilines is 2. The highest BCUT2D eigenvalue weighted by molar-refractivity contribution is 6.05. The predicted octanol–water partition coefficient (Wildman–Crippen LogP) is 2.79. The number of nitrogens with one attached hydrogen (secondary N) is 1. The zero-order valence-electron chi connectivity index (χ0n) is 14.0. The van der Waals surface area contributed by atoms with E-state index in [1.54, 1.807) is 48.3 Å². The number of nitrogens with two attached hydrogens (primary N) is 1. The van der Waals surface area contributed by atoms with Crippen LogP contribution in [0.15, 0.2) is 42.6 Å². The second-order valence-corrected chi connectivity index (χ2v) is 5.55. The Bertz CT molecular complexity index is 713. The van der Waals surface area contributed by atoms with Gasteiger partial charge in [-0.25, -0.2) is 0 Å². The highest BCUT2D eigenvalue weighted by atomic mass is 16.2. The van der Waals surface area contributed by atoms with Crippen LogP contribution >= 0.6 is 0 Å². The van der Waals surface area contributed by atoms with E-state index >= 15 is 0 Å². The Morgan fingerprint density at radius 3 is 2.58 bits per heavy atom. The lowest BCUT2D eigenvalue weighted by Gasteiger charge is -2.16. The summed E-state index contributed by atoms with van der Waals surface area (Å²) >= 11 is 0. The van der Waals surface area contributed by atoms with Crippen LogP contribution in [0.4, 0.5) is 11.4 Å². The minimum absolute atomic E-state index is 0.150. The standard InChI is InChI=1S/C18H22N4O2/c1-3-4-11-22(2)18(24)16-10-9-13(12-20-16)17(23)21-15-8-6-5-7-14(15)19/h5-10,12H,3-4,11,19H2,1-2H3,(H,21,23). The SMILES string of the molecule is CCCCN(C)C(=O)c1ccc(C(=O)Nc2ccccc2N)cn1. The molecule has 2 amide bonds. The van der Waals surface area contributed by atoms with E-state index < -0.39 is 0 Å². The lowest BCUT2D eigenvalue weighted by atomic mass is 10.2. The topological polar surface area (TPSA) is 88.3 Å². The van der Waals surface area contributed by atoms with E-state index in [-0.39, 0.29) is 11.8 Å². The maximum absolute atomic E-state index is 12.2. The molecule has 3 N–H and O–H groups in total. The number of carbonyl (C=O) groups is 2. The van der Waals surface area contributed by atoms with E-state index in [0.717, 1.165) is 12.8 Å². The van der Waals surface area contributed by atoms with Gasteiger partial charge in [-0.15, -0.1) is 0 Å². The van der Waals surface area contributed by atoms with Crippen LogP contribution < -0.4 is 11.1 Å². The Labute approximate surface area is 141 Å². The molecule has 0 bridgehead atoms. The minimum Gasteiger partial charge on any atom is -0.397 e. The Hall–Kier alpha value is -2.89. The second-order valence-electron chi connectivity index (χ2n) is 5.55. The van der Waals surface area contributed by atoms with E-state index in [2.05, 4.69) is 17.2 Å². The highest BCUT2D eigenvalue weighted by Crippen LogP contribution is 2.17. The number of nitrogens with zero attached hydrogens (tertiary/aromatic N) is 2. The van der Waals surface area contributed by atoms with Crippen molar-refractivity contribution in [1.82, 2.24) is 9.88 Å². The van der Waals surface area contributed by atoms with Crippen LogP contribution in [0.5, 0.6) is 0 Å². The molecular weight excluding hydrogens is 304 g/mol. The normalized spacial score (nSPS) is 10.2. The number of hydrogen-bond acceptors (Lipinski definition) is 4. The molecule has 126 valence electrons. The second kappa shape index (κ2) is 8.10. The summed E-state index contributed by atoms with van der Waals surface area (Å²) in [5, 5.41) is 2.73. The molecule has 2 aromatic rings. The van der Waals surface area contributed by atoms with Crippen LogP contribution in [0.2, 0.25) is 0 Å². The van der Waals surface area contributed by atoms with Crippen LogP contribution in [0.25, 0.3) is 0 Å². The monoisotopic (exact) mass is 326 g/mol. The van der Waals surface area contributed by atoms with Crippen LogP contribution in [0.3, 0.4) is 0 Å². The Morgan fingerprint density at radius 2 is 1.96 bits per heavy atom. The Kier molecular flexibility index (Phi) is 5.89. The molecule has 0 saturated carbocycles. The van der Waals surface area contributed by atoms with Crippen LogP contribution in [-0.2, 0) is 0 Å².